The second-order valence-electron chi connectivity index (χ2n) is 5.79. The van der Waals surface area contributed by atoms with Gasteiger partial charge in [-0.05, 0) is 37.6 Å². The van der Waals surface area contributed by atoms with E-state index in [1.807, 2.05) is 36.4 Å². The van der Waals surface area contributed by atoms with Crippen LogP contribution in [0.25, 0.3) is 22.0 Å². The fourth-order valence-corrected chi connectivity index (χ4v) is 2.88. The zero-order valence-electron chi connectivity index (χ0n) is 14.9. The van der Waals surface area contributed by atoms with Crippen LogP contribution in [-0.2, 0) is 9.53 Å². The van der Waals surface area contributed by atoms with Crippen molar-refractivity contribution < 1.29 is 14.3 Å². The smallest absolute Gasteiger partial charge is 0.354 e. The van der Waals surface area contributed by atoms with Gasteiger partial charge in [-0.1, -0.05) is 41.9 Å². The maximum atomic E-state index is 12.7. The molecular formula is C20H18ClN3O3. The Morgan fingerprint density at radius 2 is 1.93 bits per heavy atom. The van der Waals surface area contributed by atoms with Crippen molar-refractivity contribution in [2.45, 2.75) is 13.8 Å². The van der Waals surface area contributed by atoms with Gasteiger partial charge in [0.25, 0.3) is 5.91 Å². The number of benzene rings is 2. The Kier molecular flexibility index (Phi) is 5.57. The first-order valence-electron chi connectivity index (χ1n) is 8.39. The number of nitrogens with one attached hydrogen (secondary N) is 2. The molecule has 0 spiro atoms. The van der Waals surface area contributed by atoms with Crippen LogP contribution < -0.4 is 5.43 Å². The number of aromatic amines is 1. The van der Waals surface area contributed by atoms with Crippen molar-refractivity contribution in [2.24, 2.45) is 5.10 Å². The summed E-state index contributed by atoms with van der Waals surface area (Å²) in [6.45, 7) is 3.41. The fourth-order valence-electron chi connectivity index (χ4n) is 2.71. The topological polar surface area (TPSA) is 83.5 Å². The number of ether oxygens (including phenoxy) is 1. The number of halogens is 1. The van der Waals surface area contributed by atoms with E-state index < -0.39 is 11.9 Å². The van der Waals surface area contributed by atoms with Gasteiger partial charge in [-0.15, -0.1) is 0 Å². The number of nitrogens with zero attached hydrogens (tertiary/aromatic N) is 1. The molecule has 0 aliphatic rings. The molecule has 0 radical (unpaired) electrons. The molecule has 0 aliphatic carbocycles. The average Bonchev–Trinajstić information content (AvgIpc) is 3.05. The zero-order valence-corrected chi connectivity index (χ0v) is 15.6. The van der Waals surface area contributed by atoms with E-state index in [0.29, 0.717) is 10.7 Å². The molecule has 2 aromatic carbocycles. The van der Waals surface area contributed by atoms with Crippen molar-refractivity contribution in [3.63, 3.8) is 0 Å². The molecule has 0 saturated carbocycles. The number of hydrazone groups is 1. The molecule has 27 heavy (non-hydrogen) atoms. The molecule has 1 aromatic heterocycles. The molecule has 0 saturated heterocycles. The number of amides is 1. The highest BCUT2D eigenvalue weighted by Gasteiger charge is 2.19. The van der Waals surface area contributed by atoms with Crippen LogP contribution in [-0.4, -0.2) is 29.2 Å². The van der Waals surface area contributed by atoms with Crippen LogP contribution in [0.3, 0.4) is 0 Å². The average molecular weight is 384 g/mol. The Hall–Kier alpha value is -3.12. The Morgan fingerprint density at radius 3 is 2.63 bits per heavy atom. The molecule has 0 bridgehead atoms. The van der Waals surface area contributed by atoms with Crippen LogP contribution in [0, 0.1) is 0 Å². The highest BCUT2D eigenvalue weighted by Crippen LogP contribution is 2.34. The van der Waals surface area contributed by atoms with Crippen LogP contribution in [0.4, 0.5) is 0 Å². The molecule has 0 unspecified atom stereocenters. The molecule has 1 amide bonds. The van der Waals surface area contributed by atoms with Gasteiger partial charge < -0.3 is 9.72 Å². The zero-order chi connectivity index (χ0) is 19.4. The SMILES string of the molecule is CCOC(=O)C(C)=NNC(=O)c1[nH]c2ccc(Cl)cc2c1-c1ccccc1. The molecule has 0 fully saturated rings. The van der Waals surface area contributed by atoms with Gasteiger partial charge in [-0.3, -0.25) is 4.79 Å². The summed E-state index contributed by atoms with van der Waals surface area (Å²) < 4.78 is 4.85. The normalized spacial score (nSPS) is 11.4. The van der Waals surface area contributed by atoms with E-state index in [0.717, 1.165) is 22.0 Å². The molecular weight excluding hydrogens is 366 g/mol. The third-order valence-electron chi connectivity index (χ3n) is 3.95. The van der Waals surface area contributed by atoms with Crippen molar-refractivity contribution >= 4 is 40.1 Å². The summed E-state index contributed by atoms with van der Waals surface area (Å²) >= 11 is 6.15. The molecule has 3 aromatic rings. The third kappa shape index (κ3) is 4.01. The lowest BCUT2D eigenvalue weighted by molar-refractivity contribution is -0.135. The van der Waals surface area contributed by atoms with Crippen LogP contribution in [0.5, 0.6) is 0 Å². The molecule has 138 valence electrons. The van der Waals surface area contributed by atoms with Crippen LogP contribution in [0.2, 0.25) is 5.02 Å². The quantitative estimate of drug-likeness (QED) is 0.394. The van der Waals surface area contributed by atoms with E-state index in [1.54, 1.807) is 19.1 Å². The summed E-state index contributed by atoms with van der Waals surface area (Å²) in [5.74, 6) is -1.05. The van der Waals surface area contributed by atoms with E-state index in [9.17, 15) is 9.59 Å². The maximum absolute atomic E-state index is 12.7. The minimum Gasteiger partial charge on any atom is -0.461 e. The van der Waals surface area contributed by atoms with Gasteiger partial charge in [0.1, 0.15) is 11.4 Å². The van der Waals surface area contributed by atoms with Crippen molar-refractivity contribution in [3.8, 4) is 11.1 Å². The molecule has 0 aliphatic heterocycles. The van der Waals surface area contributed by atoms with E-state index in [-0.39, 0.29) is 12.3 Å². The number of aromatic nitrogens is 1. The predicted molar refractivity (Wildman–Crippen MR) is 106 cm³/mol. The predicted octanol–water partition coefficient (Wildman–Crippen LogP) is 4.16. The van der Waals surface area contributed by atoms with Gasteiger partial charge >= 0.3 is 5.97 Å². The Morgan fingerprint density at radius 1 is 1.19 bits per heavy atom. The molecule has 0 atom stereocenters. The summed E-state index contributed by atoms with van der Waals surface area (Å²) in [7, 11) is 0. The monoisotopic (exact) mass is 383 g/mol. The van der Waals surface area contributed by atoms with Gasteiger partial charge in [0, 0.05) is 21.5 Å². The minimum atomic E-state index is -0.579. The lowest BCUT2D eigenvalue weighted by Crippen LogP contribution is -2.23. The molecule has 2 N–H and O–H groups in total. The summed E-state index contributed by atoms with van der Waals surface area (Å²) in [6.07, 6.45) is 0. The van der Waals surface area contributed by atoms with E-state index >= 15 is 0 Å². The highest BCUT2D eigenvalue weighted by atomic mass is 35.5. The number of carbonyl (C=O) groups is 2. The summed E-state index contributed by atoms with van der Waals surface area (Å²) in [4.78, 5) is 27.5. The second kappa shape index (κ2) is 8.05. The fraction of sp³-hybridized carbons (Fsp3) is 0.150. The number of carbonyl (C=O) groups excluding carboxylic acids is 2. The first kappa shape index (κ1) is 18.7. The Bertz CT molecular complexity index is 1030. The second-order valence-corrected chi connectivity index (χ2v) is 6.23. The highest BCUT2D eigenvalue weighted by molar-refractivity contribution is 6.35. The lowest BCUT2D eigenvalue weighted by atomic mass is 10.0. The van der Waals surface area contributed by atoms with Gasteiger partial charge in [-0.2, -0.15) is 5.10 Å². The minimum absolute atomic E-state index is 0.0608. The number of rotatable bonds is 5. The van der Waals surface area contributed by atoms with Crippen molar-refractivity contribution in [2.75, 3.05) is 6.61 Å². The van der Waals surface area contributed by atoms with Gasteiger partial charge in [-0.25, -0.2) is 10.2 Å². The van der Waals surface area contributed by atoms with Gasteiger partial charge in [0.2, 0.25) is 0 Å². The summed E-state index contributed by atoms with van der Waals surface area (Å²) in [6, 6.07) is 14.9. The Labute approximate surface area is 161 Å². The molecule has 6 nitrogen and oxygen atoms in total. The van der Waals surface area contributed by atoms with Crippen LogP contribution in [0.15, 0.2) is 53.6 Å². The summed E-state index contributed by atoms with van der Waals surface area (Å²) in [5.41, 5.74) is 5.15. The van der Waals surface area contributed by atoms with Crippen LogP contribution >= 0.6 is 11.6 Å². The molecule has 3 rings (SSSR count). The number of H-pyrrole nitrogens is 1. The largest absolute Gasteiger partial charge is 0.461 e. The molecule has 1 heterocycles. The first-order valence-corrected chi connectivity index (χ1v) is 8.77. The van der Waals surface area contributed by atoms with Crippen LogP contribution in [0.1, 0.15) is 24.3 Å². The van der Waals surface area contributed by atoms with Crippen molar-refractivity contribution in [1.82, 2.24) is 10.4 Å². The van der Waals surface area contributed by atoms with Gasteiger partial charge in [0.05, 0.1) is 6.61 Å². The van der Waals surface area contributed by atoms with Crippen molar-refractivity contribution in [1.29, 1.82) is 0 Å². The summed E-state index contributed by atoms with van der Waals surface area (Å²) in [5, 5.41) is 5.23. The van der Waals surface area contributed by atoms with E-state index in [2.05, 4.69) is 15.5 Å². The van der Waals surface area contributed by atoms with Crippen molar-refractivity contribution in [3.05, 3.63) is 59.2 Å². The van der Waals surface area contributed by atoms with E-state index in [1.165, 1.54) is 6.92 Å². The number of esters is 1. The molecule has 7 heteroatoms. The number of hydrogen-bond acceptors (Lipinski definition) is 4. The lowest BCUT2D eigenvalue weighted by Gasteiger charge is -2.05. The van der Waals surface area contributed by atoms with E-state index in [4.69, 9.17) is 16.3 Å². The third-order valence-corrected chi connectivity index (χ3v) is 4.18. The van der Waals surface area contributed by atoms with Gasteiger partial charge in [0.15, 0.2) is 0 Å². The first-order chi connectivity index (χ1) is 13.0. The Balaban J connectivity index is 2.02. The maximum Gasteiger partial charge on any atom is 0.354 e. The number of hydrogen-bond donors (Lipinski definition) is 2. The number of fused-ring (bicyclic) bond motifs is 1. The standard InChI is InChI=1S/C20H18ClN3O3/c1-3-27-20(26)12(2)23-24-19(25)18-17(13-7-5-4-6-8-13)15-11-14(21)9-10-16(15)22-18/h4-11,22H,3H2,1-2H3,(H,24,25).